The SMILES string of the molecule is Cc1nc(CCNc2cccc(C(=O)O)c2[N+](=O)[O-])no1. The van der Waals surface area contributed by atoms with Crippen molar-refractivity contribution in [2.24, 2.45) is 0 Å². The maximum Gasteiger partial charge on any atom is 0.342 e. The standard InChI is InChI=1S/C12H12N4O5/c1-7-14-10(15-21-7)5-6-13-9-4-2-3-8(12(17)18)11(9)16(19)20/h2-4,13H,5-6H2,1H3,(H,17,18). The summed E-state index contributed by atoms with van der Waals surface area (Å²) in [6, 6.07) is 4.08. The summed E-state index contributed by atoms with van der Waals surface area (Å²) in [5.41, 5.74) is -0.685. The number of aromatic nitrogens is 2. The third-order valence-electron chi connectivity index (χ3n) is 2.68. The van der Waals surface area contributed by atoms with Crippen LogP contribution in [0.25, 0.3) is 0 Å². The zero-order valence-corrected chi connectivity index (χ0v) is 11.1. The molecule has 2 N–H and O–H groups in total. The van der Waals surface area contributed by atoms with E-state index in [1.165, 1.54) is 18.2 Å². The Hall–Kier alpha value is -2.97. The molecule has 0 unspecified atom stereocenters. The highest BCUT2D eigenvalue weighted by Gasteiger charge is 2.23. The van der Waals surface area contributed by atoms with Crippen LogP contribution in [0, 0.1) is 17.0 Å². The zero-order chi connectivity index (χ0) is 15.4. The molecular formula is C12H12N4O5. The molecule has 110 valence electrons. The highest BCUT2D eigenvalue weighted by Crippen LogP contribution is 2.28. The first-order valence-electron chi connectivity index (χ1n) is 6.03. The minimum atomic E-state index is -1.35. The number of rotatable bonds is 6. The molecule has 1 heterocycles. The maximum atomic E-state index is 11.0. The predicted molar refractivity (Wildman–Crippen MR) is 71.3 cm³/mol. The molecule has 2 aromatic rings. The summed E-state index contributed by atoms with van der Waals surface area (Å²) < 4.78 is 4.80. The van der Waals surface area contributed by atoms with Gasteiger partial charge < -0.3 is 14.9 Å². The van der Waals surface area contributed by atoms with E-state index in [1.54, 1.807) is 6.92 Å². The van der Waals surface area contributed by atoms with Gasteiger partial charge in [0.25, 0.3) is 0 Å². The fraction of sp³-hybridized carbons (Fsp3) is 0.250. The van der Waals surface area contributed by atoms with Crippen LogP contribution in [0.5, 0.6) is 0 Å². The third kappa shape index (κ3) is 3.32. The lowest BCUT2D eigenvalue weighted by molar-refractivity contribution is -0.384. The van der Waals surface area contributed by atoms with Crippen molar-refractivity contribution in [3.63, 3.8) is 0 Å². The Morgan fingerprint density at radius 3 is 2.86 bits per heavy atom. The van der Waals surface area contributed by atoms with Crippen LogP contribution in [0.2, 0.25) is 0 Å². The average molecular weight is 292 g/mol. The van der Waals surface area contributed by atoms with Gasteiger partial charge in [0.1, 0.15) is 11.3 Å². The fourth-order valence-electron chi connectivity index (χ4n) is 1.81. The van der Waals surface area contributed by atoms with Crippen molar-refractivity contribution in [2.45, 2.75) is 13.3 Å². The van der Waals surface area contributed by atoms with E-state index in [-0.39, 0.29) is 11.3 Å². The number of nitro benzene ring substituents is 1. The molecule has 0 amide bonds. The van der Waals surface area contributed by atoms with E-state index in [0.717, 1.165) is 0 Å². The van der Waals surface area contributed by atoms with Crippen LogP contribution in [0.4, 0.5) is 11.4 Å². The number of para-hydroxylation sites is 1. The minimum Gasteiger partial charge on any atom is -0.477 e. The molecule has 0 fully saturated rings. The van der Waals surface area contributed by atoms with Crippen LogP contribution in [0.15, 0.2) is 22.7 Å². The van der Waals surface area contributed by atoms with Gasteiger partial charge in [-0.05, 0) is 12.1 Å². The van der Waals surface area contributed by atoms with E-state index in [1.807, 2.05) is 0 Å². The Balaban J connectivity index is 2.14. The lowest BCUT2D eigenvalue weighted by Gasteiger charge is -2.07. The topological polar surface area (TPSA) is 131 Å². The molecule has 0 saturated carbocycles. The van der Waals surface area contributed by atoms with Crippen LogP contribution < -0.4 is 5.32 Å². The number of nitro groups is 1. The summed E-state index contributed by atoms with van der Waals surface area (Å²) in [5.74, 6) is -0.444. The van der Waals surface area contributed by atoms with Gasteiger partial charge >= 0.3 is 11.7 Å². The van der Waals surface area contributed by atoms with Crippen LogP contribution in [0.1, 0.15) is 22.1 Å². The molecule has 1 aromatic heterocycles. The predicted octanol–water partition coefficient (Wildman–Crippen LogP) is 1.64. The summed E-state index contributed by atoms with van der Waals surface area (Å²) >= 11 is 0. The van der Waals surface area contributed by atoms with E-state index < -0.39 is 16.6 Å². The number of carbonyl (C=O) groups is 1. The second-order valence-corrected chi connectivity index (χ2v) is 4.17. The molecule has 0 aliphatic carbocycles. The van der Waals surface area contributed by atoms with Crippen LogP contribution >= 0.6 is 0 Å². The van der Waals surface area contributed by atoms with Gasteiger partial charge in [-0.1, -0.05) is 11.2 Å². The summed E-state index contributed by atoms with van der Waals surface area (Å²) in [4.78, 5) is 25.3. The minimum absolute atomic E-state index is 0.139. The van der Waals surface area contributed by atoms with Gasteiger partial charge in [0.2, 0.25) is 5.89 Å². The lowest BCUT2D eigenvalue weighted by Crippen LogP contribution is -2.10. The molecule has 0 aliphatic rings. The number of aryl methyl sites for hydroxylation is 1. The number of carboxylic acids is 1. The highest BCUT2D eigenvalue weighted by molar-refractivity contribution is 5.95. The summed E-state index contributed by atoms with van der Waals surface area (Å²) in [5, 5.41) is 26.5. The number of benzene rings is 1. The van der Waals surface area contributed by atoms with E-state index in [4.69, 9.17) is 9.63 Å². The first-order chi connectivity index (χ1) is 9.99. The van der Waals surface area contributed by atoms with Gasteiger partial charge in [0.15, 0.2) is 5.82 Å². The molecular weight excluding hydrogens is 280 g/mol. The smallest absolute Gasteiger partial charge is 0.342 e. The maximum absolute atomic E-state index is 11.0. The van der Waals surface area contributed by atoms with Crippen LogP contribution in [-0.4, -0.2) is 32.7 Å². The van der Waals surface area contributed by atoms with Crippen molar-refractivity contribution in [3.8, 4) is 0 Å². The monoisotopic (exact) mass is 292 g/mol. The van der Waals surface area contributed by atoms with Gasteiger partial charge in [-0.15, -0.1) is 0 Å². The summed E-state index contributed by atoms with van der Waals surface area (Å²) in [6.07, 6.45) is 0.395. The molecule has 0 atom stereocenters. The Morgan fingerprint density at radius 1 is 1.52 bits per heavy atom. The lowest BCUT2D eigenvalue weighted by atomic mass is 10.1. The zero-order valence-electron chi connectivity index (χ0n) is 11.1. The van der Waals surface area contributed by atoms with Crippen LogP contribution in [0.3, 0.4) is 0 Å². The Bertz CT molecular complexity index is 682. The first kappa shape index (κ1) is 14.4. The van der Waals surface area contributed by atoms with Gasteiger partial charge in [0, 0.05) is 19.9 Å². The number of hydrogen-bond donors (Lipinski definition) is 2. The normalized spacial score (nSPS) is 10.3. The second-order valence-electron chi connectivity index (χ2n) is 4.17. The number of aromatic carboxylic acids is 1. The molecule has 9 nitrogen and oxygen atoms in total. The van der Waals surface area contributed by atoms with Gasteiger partial charge in [-0.3, -0.25) is 10.1 Å². The van der Waals surface area contributed by atoms with E-state index >= 15 is 0 Å². The second kappa shape index (κ2) is 5.99. The summed E-state index contributed by atoms with van der Waals surface area (Å²) in [7, 11) is 0. The number of hydrogen-bond acceptors (Lipinski definition) is 7. The molecule has 0 spiro atoms. The average Bonchev–Trinajstić information content (AvgIpc) is 2.83. The number of carboxylic acid groups (broad SMARTS) is 1. The van der Waals surface area contributed by atoms with Crippen molar-refractivity contribution in [2.75, 3.05) is 11.9 Å². The van der Waals surface area contributed by atoms with E-state index in [2.05, 4.69) is 15.5 Å². The van der Waals surface area contributed by atoms with E-state index in [9.17, 15) is 14.9 Å². The van der Waals surface area contributed by atoms with Crippen molar-refractivity contribution < 1.29 is 19.3 Å². The number of nitrogens with zero attached hydrogens (tertiary/aromatic N) is 3. The highest BCUT2D eigenvalue weighted by atomic mass is 16.6. The van der Waals surface area contributed by atoms with Crippen molar-refractivity contribution in [3.05, 3.63) is 45.6 Å². The Kier molecular flexibility index (Phi) is 4.12. The van der Waals surface area contributed by atoms with Gasteiger partial charge in [0.05, 0.1) is 4.92 Å². The molecule has 0 radical (unpaired) electrons. The molecule has 0 saturated heterocycles. The largest absolute Gasteiger partial charge is 0.477 e. The fourth-order valence-corrected chi connectivity index (χ4v) is 1.81. The molecule has 0 bridgehead atoms. The van der Waals surface area contributed by atoms with E-state index in [0.29, 0.717) is 24.7 Å². The van der Waals surface area contributed by atoms with Gasteiger partial charge in [-0.2, -0.15) is 4.98 Å². The molecule has 21 heavy (non-hydrogen) atoms. The van der Waals surface area contributed by atoms with Crippen molar-refractivity contribution >= 4 is 17.3 Å². The quantitative estimate of drug-likeness (QED) is 0.606. The van der Waals surface area contributed by atoms with Crippen molar-refractivity contribution in [1.29, 1.82) is 0 Å². The van der Waals surface area contributed by atoms with Gasteiger partial charge in [-0.25, -0.2) is 4.79 Å². The Morgan fingerprint density at radius 2 is 2.29 bits per heavy atom. The number of anilines is 1. The Labute approximate surface area is 118 Å². The van der Waals surface area contributed by atoms with Crippen molar-refractivity contribution in [1.82, 2.24) is 10.1 Å². The first-order valence-corrected chi connectivity index (χ1v) is 6.03. The molecule has 9 heteroatoms. The number of nitrogens with one attached hydrogen (secondary N) is 1. The van der Waals surface area contributed by atoms with Crippen LogP contribution in [-0.2, 0) is 6.42 Å². The summed E-state index contributed by atoms with van der Waals surface area (Å²) in [6.45, 7) is 1.97. The molecule has 1 aromatic carbocycles. The molecule has 2 rings (SSSR count). The third-order valence-corrected chi connectivity index (χ3v) is 2.68. The molecule has 0 aliphatic heterocycles.